The van der Waals surface area contributed by atoms with E-state index in [0.29, 0.717) is 19.1 Å². The Bertz CT molecular complexity index is 471. The molecule has 5 heteroatoms. The average molecular weight is 306 g/mol. The minimum atomic E-state index is -0.166. The topological polar surface area (TPSA) is 70.6 Å². The van der Waals surface area contributed by atoms with Crippen LogP contribution in [0.2, 0.25) is 0 Å². The van der Waals surface area contributed by atoms with Gasteiger partial charge in [0.1, 0.15) is 0 Å². The molecule has 2 amide bonds. The van der Waals surface area contributed by atoms with Crippen molar-refractivity contribution < 1.29 is 14.6 Å². The Kier molecular flexibility index (Phi) is 6.68. The number of rotatable bonds is 6. The molecule has 1 fully saturated rings. The number of carbonyl (C=O) groups excluding carboxylic acids is 1. The third-order valence-corrected chi connectivity index (χ3v) is 4.10. The van der Waals surface area contributed by atoms with E-state index in [0.717, 1.165) is 36.9 Å². The molecule has 5 nitrogen and oxygen atoms in total. The molecule has 122 valence electrons. The molecular weight excluding hydrogens is 280 g/mol. The van der Waals surface area contributed by atoms with Crippen LogP contribution in [0.5, 0.6) is 0 Å². The molecule has 0 aliphatic heterocycles. The molecule has 0 spiro atoms. The van der Waals surface area contributed by atoms with E-state index in [4.69, 9.17) is 9.84 Å². The number of aliphatic hydroxyl groups is 1. The van der Waals surface area contributed by atoms with Gasteiger partial charge in [0, 0.05) is 24.9 Å². The second-order valence-electron chi connectivity index (χ2n) is 5.84. The minimum Gasteiger partial charge on any atom is -0.396 e. The standard InChI is InChI=1S/C17H26N2O3/c1-2-22-12-14-4-3-5-16(10-14)19-17(21)18-15-8-6-13(11-20)7-9-15/h3-5,10,13,15,20H,2,6-9,11-12H2,1H3,(H2,18,19,21). The molecule has 0 radical (unpaired) electrons. The number of amides is 2. The van der Waals surface area contributed by atoms with Crippen LogP contribution in [0.25, 0.3) is 0 Å². The highest BCUT2D eigenvalue weighted by Crippen LogP contribution is 2.23. The smallest absolute Gasteiger partial charge is 0.319 e. The Hall–Kier alpha value is -1.59. The maximum absolute atomic E-state index is 12.1. The molecule has 1 saturated carbocycles. The summed E-state index contributed by atoms with van der Waals surface area (Å²) in [6, 6.07) is 7.73. The molecule has 0 unspecified atom stereocenters. The van der Waals surface area contributed by atoms with Gasteiger partial charge in [-0.3, -0.25) is 0 Å². The van der Waals surface area contributed by atoms with Gasteiger partial charge in [-0.05, 0) is 56.2 Å². The Balaban J connectivity index is 1.79. The van der Waals surface area contributed by atoms with E-state index in [1.807, 2.05) is 31.2 Å². The summed E-state index contributed by atoms with van der Waals surface area (Å²) in [4.78, 5) is 12.1. The van der Waals surface area contributed by atoms with Crippen LogP contribution < -0.4 is 10.6 Å². The predicted molar refractivity (Wildman–Crippen MR) is 86.8 cm³/mol. The van der Waals surface area contributed by atoms with E-state index in [2.05, 4.69) is 10.6 Å². The summed E-state index contributed by atoms with van der Waals surface area (Å²) in [5, 5.41) is 15.0. The van der Waals surface area contributed by atoms with Crippen LogP contribution in [0, 0.1) is 5.92 Å². The Morgan fingerprint density at radius 2 is 2.09 bits per heavy atom. The largest absolute Gasteiger partial charge is 0.396 e. The summed E-state index contributed by atoms with van der Waals surface area (Å²) in [7, 11) is 0. The van der Waals surface area contributed by atoms with Crippen molar-refractivity contribution in [2.75, 3.05) is 18.5 Å². The third-order valence-electron chi connectivity index (χ3n) is 4.10. The van der Waals surface area contributed by atoms with Crippen LogP contribution in [0.1, 0.15) is 38.2 Å². The zero-order valence-corrected chi connectivity index (χ0v) is 13.2. The molecule has 1 aromatic rings. The van der Waals surface area contributed by atoms with Gasteiger partial charge in [0.2, 0.25) is 0 Å². The van der Waals surface area contributed by atoms with E-state index in [1.54, 1.807) is 0 Å². The van der Waals surface area contributed by atoms with Crippen molar-refractivity contribution in [3.8, 4) is 0 Å². The number of nitrogens with one attached hydrogen (secondary N) is 2. The van der Waals surface area contributed by atoms with Gasteiger partial charge < -0.3 is 20.5 Å². The van der Waals surface area contributed by atoms with Gasteiger partial charge in [-0.15, -0.1) is 0 Å². The normalized spacial score (nSPS) is 21.4. The van der Waals surface area contributed by atoms with E-state index >= 15 is 0 Å². The third kappa shape index (κ3) is 5.31. The second kappa shape index (κ2) is 8.76. The molecule has 0 bridgehead atoms. The van der Waals surface area contributed by atoms with Crippen LogP contribution in [0.4, 0.5) is 10.5 Å². The molecular formula is C17H26N2O3. The first-order chi connectivity index (χ1) is 10.7. The number of ether oxygens (including phenoxy) is 1. The Morgan fingerprint density at radius 1 is 1.32 bits per heavy atom. The minimum absolute atomic E-state index is 0.166. The van der Waals surface area contributed by atoms with Gasteiger partial charge in [-0.1, -0.05) is 12.1 Å². The highest BCUT2D eigenvalue weighted by atomic mass is 16.5. The Labute approximate surface area is 132 Å². The van der Waals surface area contributed by atoms with Gasteiger partial charge in [0.05, 0.1) is 6.61 Å². The lowest BCUT2D eigenvalue weighted by Crippen LogP contribution is -2.40. The lowest BCUT2D eigenvalue weighted by atomic mass is 9.87. The SMILES string of the molecule is CCOCc1cccc(NC(=O)NC2CCC(CO)CC2)c1. The maximum atomic E-state index is 12.1. The van der Waals surface area contributed by atoms with Crippen molar-refractivity contribution in [3.63, 3.8) is 0 Å². The molecule has 1 aliphatic carbocycles. The van der Waals surface area contributed by atoms with Crippen molar-refractivity contribution in [1.29, 1.82) is 0 Å². The summed E-state index contributed by atoms with van der Waals surface area (Å²) in [5.74, 6) is 0.399. The van der Waals surface area contributed by atoms with Crippen LogP contribution in [0.15, 0.2) is 24.3 Å². The van der Waals surface area contributed by atoms with E-state index in [9.17, 15) is 4.79 Å². The fraction of sp³-hybridized carbons (Fsp3) is 0.588. The van der Waals surface area contributed by atoms with Gasteiger partial charge in [0.25, 0.3) is 0 Å². The molecule has 0 saturated heterocycles. The first-order valence-electron chi connectivity index (χ1n) is 8.06. The highest BCUT2D eigenvalue weighted by molar-refractivity contribution is 5.89. The van der Waals surface area contributed by atoms with Crippen molar-refractivity contribution >= 4 is 11.7 Å². The summed E-state index contributed by atoms with van der Waals surface area (Å²) in [5.41, 5.74) is 1.82. The van der Waals surface area contributed by atoms with Crippen molar-refractivity contribution in [2.45, 2.75) is 45.3 Å². The van der Waals surface area contributed by atoms with E-state index in [1.165, 1.54) is 0 Å². The van der Waals surface area contributed by atoms with Crippen LogP contribution >= 0.6 is 0 Å². The first kappa shape index (κ1) is 16.8. The number of aliphatic hydroxyl groups excluding tert-OH is 1. The van der Waals surface area contributed by atoms with Crippen LogP contribution in [-0.2, 0) is 11.3 Å². The molecule has 1 aromatic carbocycles. The molecule has 3 N–H and O–H groups in total. The number of anilines is 1. The van der Waals surface area contributed by atoms with E-state index in [-0.39, 0.29) is 18.7 Å². The molecule has 1 aliphatic rings. The monoisotopic (exact) mass is 306 g/mol. The number of benzene rings is 1. The molecule has 0 aromatic heterocycles. The quantitative estimate of drug-likeness (QED) is 0.757. The highest BCUT2D eigenvalue weighted by Gasteiger charge is 2.21. The fourth-order valence-electron chi connectivity index (χ4n) is 2.80. The van der Waals surface area contributed by atoms with Gasteiger partial charge in [-0.25, -0.2) is 4.79 Å². The van der Waals surface area contributed by atoms with Gasteiger partial charge in [-0.2, -0.15) is 0 Å². The Morgan fingerprint density at radius 3 is 2.77 bits per heavy atom. The summed E-state index contributed by atoms with van der Waals surface area (Å²) in [6.45, 7) is 3.44. The summed E-state index contributed by atoms with van der Waals surface area (Å²) >= 11 is 0. The van der Waals surface area contributed by atoms with Crippen molar-refractivity contribution in [3.05, 3.63) is 29.8 Å². The zero-order chi connectivity index (χ0) is 15.8. The first-order valence-corrected chi connectivity index (χ1v) is 8.06. The van der Waals surface area contributed by atoms with Crippen LogP contribution in [-0.4, -0.2) is 30.4 Å². The van der Waals surface area contributed by atoms with Crippen LogP contribution in [0.3, 0.4) is 0 Å². The predicted octanol–water partition coefficient (Wildman–Crippen LogP) is 2.90. The molecule has 0 heterocycles. The number of carbonyl (C=O) groups is 1. The second-order valence-corrected chi connectivity index (χ2v) is 5.84. The molecule has 22 heavy (non-hydrogen) atoms. The zero-order valence-electron chi connectivity index (χ0n) is 13.2. The summed E-state index contributed by atoms with van der Waals surface area (Å²) < 4.78 is 5.37. The molecule has 2 rings (SSSR count). The van der Waals surface area contributed by atoms with Gasteiger partial charge >= 0.3 is 6.03 Å². The number of hydrogen-bond acceptors (Lipinski definition) is 3. The molecule has 0 atom stereocenters. The lowest BCUT2D eigenvalue weighted by Gasteiger charge is -2.27. The van der Waals surface area contributed by atoms with Crippen molar-refractivity contribution in [2.24, 2.45) is 5.92 Å². The number of urea groups is 1. The van der Waals surface area contributed by atoms with Crippen molar-refractivity contribution in [1.82, 2.24) is 5.32 Å². The summed E-state index contributed by atoms with van der Waals surface area (Å²) in [6.07, 6.45) is 3.82. The van der Waals surface area contributed by atoms with E-state index < -0.39 is 0 Å². The lowest BCUT2D eigenvalue weighted by molar-refractivity contribution is 0.134. The fourth-order valence-corrected chi connectivity index (χ4v) is 2.80. The van der Waals surface area contributed by atoms with Gasteiger partial charge in [0.15, 0.2) is 0 Å². The number of hydrogen-bond donors (Lipinski definition) is 3. The maximum Gasteiger partial charge on any atom is 0.319 e. The average Bonchev–Trinajstić information content (AvgIpc) is 2.54.